The zero-order valence-electron chi connectivity index (χ0n) is 19.3. The largest absolute Gasteiger partial charge is 0.493 e. The predicted molar refractivity (Wildman–Crippen MR) is 134 cm³/mol. The number of aliphatic carboxylic acids is 1. The lowest BCUT2D eigenvalue weighted by Crippen LogP contribution is -2.15. The molecule has 0 radical (unpaired) electrons. The normalized spacial score (nSPS) is 13.8. The minimum atomic E-state index is -0.818. The number of benzene rings is 2. The molecule has 2 aromatic carbocycles. The number of hydrogen-bond donors (Lipinski definition) is 2. The van der Waals surface area contributed by atoms with Crippen LogP contribution in [0.15, 0.2) is 66.9 Å². The van der Waals surface area contributed by atoms with Crippen LogP contribution in [-0.2, 0) is 17.6 Å². The minimum absolute atomic E-state index is 0.0233. The van der Waals surface area contributed by atoms with E-state index in [1.54, 1.807) is 0 Å². The number of fused-ring (bicyclic) bond motifs is 2. The van der Waals surface area contributed by atoms with Gasteiger partial charge in [0.1, 0.15) is 11.6 Å². The molecule has 6 nitrogen and oxygen atoms in total. The number of nitrogens with zero attached hydrogens (tertiary/aromatic N) is 2. The van der Waals surface area contributed by atoms with E-state index < -0.39 is 5.97 Å². The van der Waals surface area contributed by atoms with Crippen molar-refractivity contribution in [1.29, 1.82) is 0 Å². The predicted octanol–water partition coefficient (Wildman–Crippen LogP) is 5.39. The van der Waals surface area contributed by atoms with Crippen molar-refractivity contribution in [1.82, 2.24) is 9.55 Å². The monoisotopic (exact) mass is 455 g/mol. The highest BCUT2D eigenvalue weighted by atomic mass is 16.5. The topological polar surface area (TPSA) is 76.4 Å². The Bertz CT molecular complexity index is 1330. The molecule has 2 aromatic heterocycles. The molecule has 0 bridgehead atoms. The summed E-state index contributed by atoms with van der Waals surface area (Å²) in [4.78, 5) is 16.4. The quantitative estimate of drug-likeness (QED) is 0.373. The second kappa shape index (κ2) is 9.59. The first-order chi connectivity index (χ1) is 16.6. The maximum absolute atomic E-state index is 11.7. The summed E-state index contributed by atoms with van der Waals surface area (Å²) in [6.07, 6.45) is 4.97. The summed E-state index contributed by atoms with van der Waals surface area (Å²) in [5.74, 6) is 0.990. The molecule has 0 spiro atoms. The Balaban J connectivity index is 1.32. The molecule has 4 aromatic rings. The summed E-state index contributed by atoms with van der Waals surface area (Å²) < 4.78 is 8.09. The zero-order valence-corrected chi connectivity index (χ0v) is 19.3. The SMILES string of the molecule is Cc1ccccc1C(CC(=O)O)n1ccc2cc(OCCc3ccc4c(n3)NCCC4)ccc21. The number of carboxylic acids is 1. The molecular formula is C28H29N3O3. The van der Waals surface area contributed by atoms with E-state index in [0.29, 0.717) is 6.61 Å². The Morgan fingerprint density at radius 1 is 1.18 bits per heavy atom. The number of hydrogen-bond acceptors (Lipinski definition) is 4. The van der Waals surface area contributed by atoms with Crippen LogP contribution < -0.4 is 10.1 Å². The van der Waals surface area contributed by atoms with Gasteiger partial charge in [0.15, 0.2) is 0 Å². The number of carboxylic acid groups (broad SMARTS) is 1. The fourth-order valence-corrected chi connectivity index (χ4v) is 4.77. The van der Waals surface area contributed by atoms with Gasteiger partial charge in [0.05, 0.1) is 19.1 Å². The lowest BCUT2D eigenvalue weighted by Gasteiger charge is -2.21. The van der Waals surface area contributed by atoms with Gasteiger partial charge in [-0.15, -0.1) is 0 Å². The molecule has 34 heavy (non-hydrogen) atoms. The zero-order chi connectivity index (χ0) is 23.5. The number of nitrogens with one attached hydrogen (secondary N) is 1. The molecule has 1 aliphatic rings. The molecule has 0 fully saturated rings. The first-order valence-electron chi connectivity index (χ1n) is 11.8. The number of aromatic nitrogens is 2. The molecule has 0 saturated heterocycles. The van der Waals surface area contributed by atoms with Crippen molar-refractivity contribution in [2.75, 3.05) is 18.5 Å². The smallest absolute Gasteiger partial charge is 0.305 e. The lowest BCUT2D eigenvalue weighted by atomic mass is 9.98. The molecule has 1 atom stereocenters. The van der Waals surface area contributed by atoms with Crippen LogP contribution in [0.25, 0.3) is 10.9 Å². The molecule has 1 unspecified atom stereocenters. The van der Waals surface area contributed by atoms with Crippen molar-refractivity contribution in [2.45, 2.75) is 38.6 Å². The first-order valence-corrected chi connectivity index (χ1v) is 11.8. The van der Waals surface area contributed by atoms with Crippen LogP contribution in [0.1, 0.15) is 41.3 Å². The van der Waals surface area contributed by atoms with Gasteiger partial charge in [-0.3, -0.25) is 4.79 Å². The minimum Gasteiger partial charge on any atom is -0.493 e. The second-order valence-electron chi connectivity index (χ2n) is 8.85. The lowest BCUT2D eigenvalue weighted by molar-refractivity contribution is -0.137. The van der Waals surface area contributed by atoms with Crippen LogP contribution >= 0.6 is 0 Å². The second-order valence-corrected chi connectivity index (χ2v) is 8.85. The molecule has 0 saturated carbocycles. The van der Waals surface area contributed by atoms with E-state index in [-0.39, 0.29) is 12.5 Å². The van der Waals surface area contributed by atoms with Gasteiger partial charge in [-0.1, -0.05) is 30.3 Å². The first kappa shape index (κ1) is 22.0. The molecule has 6 heteroatoms. The molecule has 2 N–H and O–H groups in total. The Morgan fingerprint density at radius 2 is 2.06 bits per heavy atom. The highest BCUT2D eigenvalue weighted by Crippen LogP contribution is 2.31. The summed E-state index contributed by atoms with van der Waals surface area (Å²) in [6, 6.07) is 20.0. The number of aryl methyl sites for hydroxylation is 2. The molecule has 1 aliphatic heterocycles. The maximum Gasteiger partial charge on any atom is 0.305 e. The number of carbonyl (C=O) groups is 1. The van der Waals surface area contributed by atoms with E-state index in [2.05, 4.69) is 22.0 Å². The Morgan fingerprint density at radius 3 is 2.91 bits per heavy atom. The van der Waals surface area contributed by atoms with Crippen LogP contribution in [0, 0.1) is 6.92 Å². The van der Waals surface area contributed by atoms with Crippen molar-refractivity contribution >= 4 is 22.7 Å². The van der Waals surface area contributed by atoms with E-state index in [9.17, 15) is 9.90 Å². The summed E-state index contributed by atoms with van der Waals surface area (Å²) in [5.41, 5.74) is 5.41. The number of anilines is 1. The van der Waals surface area contributed by atoms with Crippen LogP contribution in [-0.4, -0.2) is 33.8 Å². The third-order valence-electron chi connectivity index (χ3n) is 6.52. The number of rotatable bonds is 8. The third-order valence-corrected chi connectivity index (χ3v) is 6.52. The standard InChI is InChI=1S/C28H29N3O3/c1-19-5-2-3-7-24(19)26(18-27(32)33)31-15-12-21-17-23(10-11-25(21)31)34-16-13-22-9-8-20-6-4-14-29-28(20)30-22/h2-3,5,7-12,15,17,26H,4,6,13-14,16,18H2,1H3,(H,29,30)(H,32,33). The van der Waals surface area contributed by atoms with Gasteiger partial charge >= 0.3 is 5.97 Å². The summed E-state index contributed by atoms with van der Waals surface area (Å²) >= 11 is 0. The van der Waals surface area contributed by atoms with Gasteiger partial charge in [-0.25, -0.2) is 4.98 Å². The van der Waals surface area contributed by atoms with Crippen LogP contribution in [0.3, 0.4) is 0 Å². The van der Waals surface area contributed by atoms with Crippen LogP contribution in [0.5, 0.6) is 5.75 Å². The molecule has 0 aliphatic carbocycles. The Hall–Kier alpha value is -3.80. The fraction of sp³-hybridized carbons (Fsp3) is 0.286. The highest BCUT2D eigenvalue weighted by Gasteiger charge is 2.20. The van der Waals surface area contributed by atoms with Gasteiger partial charge in [0, 0.05) is 35.8 Å². The molecule has 3 heterocycles. The van der Waals surface area contributed by atoms with Gasteiger partial charge in [0.2, 0.25) is 0 Å². The van der Waals surface area contributed by atoms with Gasteiger partial charge in [0.25, 0.3) is 0 Å². The average molecular weight is 456 g/mol. The van der Waals surface area contributed by atoms with Crippen LogP contribution in [0.2, 0.25) is 0 Å². The third kappa shape index (κ3) is 4.62. The molecular weight excluding hydrogens is 426 g/mol. The van der Waals surface area contributed by atoms with E-state index in [1.165, 1.54) is 5.56 Å². The highest BCUT2D eigenvalue weighted by molar-refractivity contribution is 5.82. The summed E-state index contributed by atoms with van der Waals surface area (Å²) in [6.45, 7) is 3.55. The van der Waals surface area contributed by atoms with Gasteiger partial charge in [-0.2, -0.15) is 0 Å². The van der Waals surface area contributed by atoms with Gasteiger partial charge in [-0.05, 0) is 66.8 Å². The fourth-order valence-electron chi connectivity index (χ4n) is 4.77. The van der Waals surface area contributed by atoms with Crippen molar-refractivity contribution in [3.63, 3.8) is 0 Å². The van der Waals surface area contributed by atoms with Gasteiger partial charge < -0.3 is 19.7 Å². The summed E-state index contributed by atoms with van der Waals surface area (Å²) in [5, 5.41) is 14.0. The van der Waals surface area contributed by atoms with Crippen molar-refractivity contribution in [2.24, 2.45) is 0 Å². The number of pyridine rings is 1. The summed E-state index contributed by atoms with van der Waals surface area (Å²) in [7, 11) is 0. The van der Waals surface area contributed by atoms with E-state index in [4.69, 9.17) is 9.72 Å². The molecule has 174 valence electrons. The van der Waals surface area contributed by atoms with Crippen LogP contribution in [0.4, 0.5) is 5.82 Å². The number of ether oxygens (including phenoxy) is 1. The van der Waals surface area contributed by atoms with Crippen molar-refractivity contribution in [3.8, 4) is 5.75 Å². The van der Waals surface area contributed by atoms with Crippen molar-refractivity contribution < 1.29 is 14.6 Å². The maximum atomic E-state index is 11.7. The average Bonchev–Trinajstić information content (AvgIpc) is 3.26. The van der Waals surface area contributed by atoms with Crippen molar-refractivity contribution in [3.05, 3.63) is 89.2 Å². The molecule has 5 rings (SSSR count). The van der Waals surface area contributed by atoms with E-state index in [1.807, 2.05) is 61.7 Å². The molecule has 0 amide bonds. The Kier molecular flexibility index (Phi) is 6.21. The Labute approximate surface area is 199 Å². The van der Waals surface area contributed by atoms with E-state index in [0.717, 1.165) is 65.1 Å². The van der Waals surface area contributed by atoms with E-state index >= 15 is 0 Å².